The van der Waals surface area contributed by atoms with Crippen molar-refractivity contribution < 1.29 is 97.1 Å². The zero-order valence-corrected chi connectivity index (χ0v) is 24.6. The van der Waals surface area contributed by atoms with Crippen molar-refractivity contribution in [1.82, 2.24) is 0 Å². The third kappa shape index (κ3) is 27.1. The maximum atomic E-state index is 11.9. The van der Waals surface area contributed by atoms with Gasteiger partial charge in [-0.15, -0.1) is 6.42 Å². The van der Waals surface area contributed by atoms with Crippen LogP contribution in [0.2, 0.25) is 0 Å². The normalized spacial score (nSPS) is 9.59. The Bertz CT molecular complexity index is 952. The molecule has 0 aromatic carbocycles. The first-order valence-electron chi connectivity index (χ1n) is 9.78. The molecule has 0 fully saturated rings. The van der Waals surface area contributed by atoms with Crippen molar-refractivity contribution in [3.63, 3.8) is 0 Å². The Labute approximate surface area is 245 Å². The molecule has 0 aliphatic rings. The molecule has 0 rings (SSSR count). The summed E-state index contributed by atoms with van der Waals surface area (Å²) in [6.45, 7) is 0.772. The molecule has 170 valence electrons. The number of hydrogen-bond acceptors (Lipinski definition) is 8. The predicted molar refractivity (Wildman–Crippen MR) is 112 cm³/mol. The minimum atomic E-state index is -5.29. The molecule has 11 heteroatoms. The fourth-order valence-corrected chi connectivity index (χ4v) is 2.41. The number of phosphoric ester groups is 1. The van der Waals surface area contributed by atoms with Crippen molar-refractivity contribution in [2.75, 3.05) is 13.2 Å². The van der Waals surface area contributed by atoms with Crippen LogP contribution >= 0.6 is 7.82 Å². The van der Waals surface area contributed by atoms with Crippen LogP contribution < -0.4 is 68.9 Å². The molecule has 0 N–H and O–H groups in total. The van der Waals surface area contributed by atoms with Crippen molar-refractivity contribution in [1.29, 1.82) is 0 Å². The molecule has 0 spiro atoms. The molecule has 0 bridgehead atoms. The van der Waals surface area contributed by atoms with Gasteiger partial charge in [-0.2, -0.15) is 0 Å². The van der Waals surface area contributed by atoms with Crippen LogP contribution in [0.15, 0.2) is 0 Å². The Kier molecular flexibility index (Phi) is 27.5. The summed E-state index contributed by atoms with van der Waals surface area (Å²) in [6.07, 6.45) is 9.48. The molecule has 0 saturated heterocycles. The van der Waals surface area contributed by atoms with Gasteiger partial charge in [0.25, 0.3) is 0 Å². The van der Waals surface area contributed by atoms with Gasteiger partial charge in [0, 0.05) is 12.3 Å². The maximum absolute atomic E-state index is 11.9. The molecule has 0 aliphatic carbocycles. The second-order valence-corrected chi connectivity index (χ2v) is 7.27. The maximum Gasteiger partial charge on any atom is 1.00 e. The predicted octanol–water partition coefficient (Wildman–Crippen LogP) is -5.31. The summed E-state index contributed by atoms with van der Waals surface area (Å²) in [5.41, 5.74) is 0. The van der Waals surface area contributed by atoms with Crippen molar-refractivity contribution in [3.05, 3.63) is 0 Å². The van der Waals surface area contributed by atoms with E-state index < -0.39 is 39.1 Å². The average molecular weight is 504 g/mol. The van der Waals surface area contributed by atoms with Crippen molar-refractivity contribution >= 4 is 19.8 Å². The van der Waals surface area contributed by atoms with Crippen LogP contribution in [0.1, 0.15) is 51.9 Å². The fourth-order valence-electron chi connectivity index (χ4n) is 2.06. The minimum Gasteiger partial charge on any atom is -0.790 e. The van der Waals surface area contributed by atoms with Crippen LogP contribution in [0.25, 0.3) is 0 Å². The van der Waals surface area contributed by atoms with Gasteiger partial charge in [0.1, 0.15) is 6.61 Å². The van der Waals surface area contributed by atoms with Gasteiger partial charge in [-0.3, -0.25) is 4.79 Å². The number of carbonyl (C=O) groups excluding carboxylic acids is 2. The van der Waals surface area contributed by atoms with Crippen LogP contribution in [0.5, 0.6) is 0 Å². The van der Waals surface area contributed by atoms with Gasteiger partial charge in [-0.1, -0.05) is 39.0 Å². The zero-order chi connectivity index (χ0) is 24.1. The molecule has 0 aromatic heterocycles. The van der Waals surface area contributed by atoms with E-state index in [0.717, 1.165) is 32.1 Å². The minimum absolute atomic E-state index is 0. The van der Waals surface area contributed by atoms with E-state index in [1.165, 1.54) is 0 Å². The van der Waals surface area contributed by atoms with E-state index in [1.54, 1.807) is 0 Å². The van der Waals surface area contributed by atoms with Crippen LogP contribution in [0, 0.1) is 59.7 Å². The summed E-state index contributed by atoms with van der Waals surface area (Å²) in [7, 11) is -5.29. The summed E-state index contributed by atoms with van der Waals surface area (Å²) in [4.78, 5) is 44.9. The molecule has 0 aromatic rings. The summed E-state index contributed by atoms with van der Waals surface area (Å²) in [6, 6.07) is 0. The number of rotatable bonds is 13. The largest absolute Gasteiger partial charge is 1.00 e. The van der Waals surface area contributed by atoms with E-state index in [1.807, 2.05) is 5.92 Å². The molecular formula is C23H23Na2O8P. The van der Waals surface area contributed by atoms with E-state index in [4.69, 9.17) is 15.9 Å². The van der Waals surface area contributed by atoms with Gasteiger partial charge in [0.2, 0.25) is 0 Å². The monoisotopic (exact) mass is 504 g/mol. The van der Waals surface area contributed by atoms with E-state index in [-0.39, 0.29) is 65.5 Å². The number of hydrogen-bond donors (Lipinski definition) is 0. The summed E-state index contributed by atoms with van der Waals surface area (Å²) in [5.74, 6) is 18.5. The van der Waals surface area contributed by atoms with Gasteiger partial charge in [-0.25, -0.2) is 4.79 Å². The first kappa shape index (κ1) is 37.4. The van der Waals surface area contributed by atoms with Crippen molar-refractivity contribution in [2.45, 2.75) is 58.0 Å². The average Bonchev–Trinajstić information content (AvgIpc) is 2.73. The SMILES string of the molecule is C#CC#CC#CC#CC#CC(=O)OC[C@@H](COP(=O)([O-])[O-])OC(=O)CCCCCCCC.[Na+].[Na+]. The number of esters is 2. The second kappa shape index (κ2) is 25.0. The number of carbonyl (C=O) groups is 2. The van der Waals surface area contributed by atoms with Crippen LogP contribution in [-0.2, 0) is 28.2 Å². The number of terminal acetylenes is 1. The first-order valence-corrected chi connectivity index (χ1v) is 11.2. The van der Waals surface area contributed by atoms with Crippen molar-refractivity contribution in [2.24, 2.45) is 0 Å². The van der Waals surface area contributed by atoms with Crippen LogP contribution in [0.3, 0.4) is 0 Å². The quantitative estimate of drug-likeness (QED) is 0.0609. The Balaban J connectivity index is -0.00000480. The van der Waals surface area contributed by atoms with E-state index in [2.05, 4.69) is 58.8 Å². The zero-order valence-electron chi connectivity index (χ0n) is 19.7. The third-order valence-corrected chi connectivity index (χ3v) is 3.93. The summed E-state index contributed by atoms with van der Waals surface area (Å²) >= 11 is 0. The topological polar surface area (TPSA) is 125 Å². The summed E-state index contributed by atoms with van der Waals surface area (Å²) in [5, 5.41) is 0. The molecule has 0 heterocycles. The molecule has 1 atom stereocenters. The van der Waals surface area contributed by atoms with E-state index >= 15 is 0 Å². The standard InChI is InChI=1S/C23H25O8P.2Na/c1-3-5-7-9-11-12-14-15-17-22(24)29-19-21(20-30-32(26,27)28)31-23(25)18-16-13-10-8-6-4-2;;/h1,21H,4,6,8,10,13,16,18-20H2,2H3,(H2,26,27,28);;/q;2*+1/p-2/t21-;;/m0../s1. The second-order valence-electron chi connectivity index (χ2n) is 6.12. The Morgan fingerprint density at radius 3 is 2.03 bits per heavy atom. The Hall–Kier alpha value is -1.15. The Morgan fingerprint density at radius 1 is 0.882 bits per heavy atom. The van der Waals surface area contributed by atoms with E-state index in [9.17, 15) is 23.9 Å². The van der Waals surface area contributed by atoms with Crippen LogP contribution in [0.4, 0.5) is 0 Å². The van der Waals surface area contributed by atoms with Gasteiger partial charge in [0.05, 0.1) is 14.4 Å². The molecule has 0 aliphatic heterocycles. The van der Waals surface area contributed by atoms with Gasteiger partial charge >= 0.3 is 71.1 Å². The molecule has 8 nitrogen and oxygen atoms in total. The molecule has 34 heavy (non-hydrogen) atoms. The fraction of sp³-hybridized carbons (Fsp3) is 0.478. The molecule has 0 unspecified atom stereocenters. The third-order valence-electron chi connectivity index (χ3n) is 3.46. The molecule has 0 saturated carbocycles. The first-order chi connectivity index (χ1) is 15.3. The number of phosphoric acid groups is 1. The molecule has 0 amide bonds. The summed E-state index contributed by atoms with van der Waals surface area (Å²) < 4.78 is 24.6. The van der Waals surface area contributed by atoms with Crippen molar-refractivity contribution in [3.8, 4) is 59.7 Å². The van der Waals surface area contributed by atoms with E-state index in [0.29, 0.717) is 6.42 Å². The molecule has 0 radical (unpaired) electrons. The van der Waals surface area contributed by atoms with Crippen LogP contribution in [-0.4, -0.2) is 31.3 Å². The van der Waals surface area contributed by atoms with Gasteiger partial charge < -0.3 is 28.3 Å². The molecular weight excluding hydrogens is 481 g/mol. The van der Waals surface area contributed by atoms with Gasteiger partial charge in [0.15, 0.2) is 6.10 Å². The van der Waals surface area contributed by atoms with Gasteiger partial charge in [-0.05, 0) is 53.8 Å². The smallest absolute Gasteiger partial charge is 0.790 e. The Morgan fingerprint density at radius 2 is 1.44 bits per heavy atom. The number of unbranched alkanes of at least 4 members (excludes halogenated alkanes) is 5. The number of ether oxygens (including phenoxy) is 2.